The van der Waals surface area contributed by atoms with Crippen LogP contribution in [0.15, 0.2) is 18.2 Å². The largest absolute Gasteiger partial charge is 0.550 e. The zero-order chi connectivity index (χ0) is 17.8. The lowest BCUT2D eigenvalue weighted by Gasteiger charge is -2.13. The van der Waals surface area contributed by atoms with E-state index in [0.717, 1.165) is 18.4 Å². The highest BCUT2D eigenvalue weighted by atomic mass is 16.5. The first-order valence-corrected chi connectivity index (χ1v) is 8.33. The van der Waals surface area contributed by atoms with Crippen molar-refractivity contribution in [2.75, 3.05) is 13.7 Å². The zero-order valence-corrected chi connectivity index (χ0v) is 14.4. The Bertz CT molecular complexity index is 530. The van der Waals surface area contributed by atoms with Crippen LogP contribution in [0.2, 0.25) is 0 Å². The Morgan fingerprint density at radius 2 is 1.92 bits per heavy atom. The second kappa shape index (κ2) is 11.3. The molecular weight excluding hydrogens is 310 g/mol. The summed E-state index contributed by atoms with van der Waals surface area (Å²) in [4.78, 5) is 21.8. The number of methoxy groups -OCH3 is 1. The van der Waals surface area contributed by atoms with Crippen LogP contribution in [0.25, 0.3) is 0 Å². The van der Waals surface area contributed by atoms with Crippen LogP contribution >= 0.6 is 0 Å². The first-order chi connectivity index (χ1) is 11.6. The van der Waals surface area contributed by atoms with Crippen molar-refractivity contribution in [3.63, 3.8) is 0 Å². The summed E-state index contributed by atoms with van der Waals surface area (Å²) in [5, 5.41) is 13.0. The molecule has 0 fully saturated rings. The van der Waals surface area contributed by atoms with Crippen molar-refractivity contribution in [2.45, 2.75) is 52.0 Å². The molecule has 0 aliphatic carbocycles. The molecular formula is C18H26NO5-. The number of carbonyl (C=O) groups excluding carboxylic acids is 2. The van der Waals surface area contributed by atoms with Crippen LogP contribution < -0.4 is 19.9 Å². The Morgan fingerprint density at radius 1 is 1.12 bits per heavy atom. The number of benzene rings is 1. The second-order valence-corrected chi connectivity index (χ2v) is 5.54. The highest BCUT2D eigenvalue weighted by Crippen LogP contribution is 2.28. The lowest BCUT2D eigenvalue weighted by molar-refractivity contribution is -0.305. The average molecular weight is 336 g/mol. The third-order valence-electron chi connectivity index (χ3n) is 3.53. The maximum atomic E-state index is 11.5. The van der Waals surface area contributed by atoms with E-state index in [0.29, 0.717) is 24.7 Å². The van der Waals surface area contributed by atoms with E-state index in [1.54, 1.807) is 13.2 Å². The van der Waals surface area contributed by atoms with Gasteiger partial charge in [-0.1, -0.05) is 32.3 Å². The number of carboxylic acids is 1. The number of carboxylic acid groups (broad SMARTS) is 1. The molecule has 0 atom stereocenters. The normalized spacial score (nSPS) is 10.2. The molecule has 0 saturated heterocycles. The minimum absolute atomic E-state index is 0.0849. The average Bonchev–Trinajstić information content (AvgIpc) is 2.58. The van der Waals surface area contributed by atoms with E-state index < -0.39 is 5.97 Å². The molecule has 1 amide bonds. The van der Waals surface area contributed by atoms with Gasteiger partial charge in [-0.15, -0.1) is 0 Å². The summed E-state index contributed by atoms with van der Waals surface area (Å²) in [6, 6.07) is 5.48. The summed E-state index contributed by atoms with van der Waals surface area (Å²) in [7, 11) is 1.57. The molecule has 24 heavy (non-hydrogen) atoms. The summed E-state index contributed by atoms with van der Waals surface area (Å²) >= 11 is 0. The van der Waals surface area contributed by atoms with E-state index in [4.69, 9.17) is 9.47 Å². The summed E-state index contributed by atoms with van der Waals surface area (Å²) in [6.07, 6.45) is 4.18. The van der Waals surface area contributed by atoms with Crippen LogP contribution in [0.4, 0.5) is 0 Å². The molecule has 1 rings (SSSR count). The first-order valence-electron chi connectivity index (χ1n) is 8.33. The van der Waals surface area contributed by atoms with Gasteiger partial charge in [0, 0.05) is 18.9 Å². The molecule has 0 unspecified atom stereocenters. The SMILES string of the molecule is CCCCCCOc1ccc(CNC(=O)CCC(=O)[O-])cc1OC. The Morgan fingerprint density at radius 3 is 2.58 bits per heavy atom. The van der Waals surface area contributed by atoms with Crippen LogP contribution in [0.1, 0.15) is 51.0 Å². The highest BCUT2D eigenvalue weighted by Gasteiger charge is 2.07. The van der Waals surface area contributed by atoms with Crippen molar-refractivity contribution in [1.82, 2.24) is 5.32 Å². The van der Waals surface area contributed by atoms with Gasteiger partial charge >= 0.3 is 0 Å². The fraction of sp³-hybridized carbons (Fsp3) is 0.556. The van der Waals surface area contributed by atoms with E-state index >= 15 is 0 Å². The van der Waals surface area contributed by atoms with Crippen LogP contribution in [0, 0.1) is 0 Å². The van der Waals surface area contributed by atoms with Gasteiger partial charge in [0.05, 0.1) is 13.7 Å². The molecule has 0 aliphatic rings. The van der Waals surface area contributed by atoms with Gasteiger partial charge in [0.2, 0.25) is 5.91 Å². The van der Waals surface area contributed by atoms with Gasteiger partial charge in [-0.05, 0) is 30.5 Å². The van der Waals surface area contributed by atoms with Gasteiger partial charge in [0.1, 0.15) is 0 Å². The Hall–Kier alpha value is -2.24. The fourth-order valence-corrected chi connectivity index (χ4v) is 2.16. The third-order valence-corrected chi connectivity index (χ3v) is 3.53. The van der Waals surface area contributed by atoms with Gasteiger partial charge in [0.25, 0.3) is 0 Å². The number of hydrogen-bond acceptors (Lipinski definition) is 5. The van der Waals surface area contributed by atoms with E-state index in [2.05, 4.69) is 12.2 Å². The number of amides is 1. The number of aliphatic carboxylic acids is 1. The molecule has 6 nitrogen and oxygen atoms in total. The molecule has 1 aromatic carbocycles. The Labute approximate surface area is 143 Å². The second-order valence-electron chi connectivity index (χ2n) is 5.54. The van der Waals surface area contributed by atoms with Crippen molar-refractivity contribution in [1.29, 1.82) is 0 Å². The van der Waals surface area contributed by atoms with Crippen molar-refractivity contribution in [2.24, 2.45) is 0 Å². The molecule has 0 heterocycles. The molecule has 6 heteroatoms. The highest BCUT2D eigenvalue weighted by molar-refractivity contribution is 5.79. The van der Waals surface area contributed by atoms with Crippen molar-refractivity contribution in [3.8, 4) is 11.5 Å². The quantitative estimate of drug-likeness (QED) is 0.588. The molecule has 134 valence electrons. The topological polar surface area (TPSA) is 87.7 Å². The van der Waals surface area contributed by atoms with Gasteiger partial charge in [-0.2, -0.15) is 0 Å². The van der Waals surface area contributed by atoms with Crippen LogP contribution in [-0.2, 0) is 16.1 Å². The standard InChI is InChI=1S/C18H27NO5/c1-3-4-5-6-11-24-15-8-7-14(12-16(15)23-2)13-19-17(20)9-10-18(21)22/h7-8,12H,3-6,9-11,13H2,1-2H3,(H,19,20)(H,21,22)/p-1. The maximum Gasteiger partial charge on any atom is 0.220 e. The van der Waals surface area contributed by atoms with Crippen molar-refractivity contribution < 1.29 is 24.2 Å². The first kappa shape index (κ1) is 19.8. The lowest BCUT2D eigenvalue weighted by atomic mass is 10.2. The molecule has 1 N–H and O–H groups in total. The minimum Gasteiger partial charge on any atom is -0.550 e. The summed E-state index contributed by atoms with van der Waals surface area (Å²) in [5.41, 5.74) is 0.854. The number of unbranched alkanes of at least 4 members (excludes halogenated alkanes) is 3. The number of hydrogen-bond donors (Lipinski definition) is 1. The van der Waals surface area contributed by atoms with E-state index in [1.165, 1.54) is 12.8 Å². The predicted octanol–water partition coefficient (Wildman–Crippen LogP) is 1.80. The van der Waals surface area contributed by atoms with Gasteiger partial charge in [0.15, 0.2) is 11.5 Å². The van der Waals surface area contributed by atoms with E-state index in [1.807, 2.05) is 12.1 Å². The predicted molar refractivity (Wildman–Crippen MR) is 88.7 cm³/mol. The molecule has 1 aromatic rings. The van der Waals surface area contributed by atoms with E-state index in [-0.39, 0.29) is 18.7 Å². The van der Waals surface area contributed by atoms with Crippen molar-refractivity contribution >= 4 is 11.9 Å². The zero-order valence-electron chi connectivity index (χ0n) is 14.4. The van der Waals surface area contributed by atoms with Crippen LogP contribution in [0.5, 0.6) is 11.5 Å². The smallest absolute Gasteiger partial charge is 0.220 e. The summed E-state index contributed by atoms with van der Waals surface area (Å²) in [5.74, 6) is -0.255. The Balaban J connectivity index is 2.47. The number of carbonyl (C=O) groups is 2. The van der Waals surface area contributed by atoms with Crippen LogP contribution in [-0.4, -0.2) is 25.6 Å². The number of rotatable bonds is 12. The molecule has 0 saturated carbocycles. The number of nitrogens with one attached hydrogen (secondary N) is 1. The molecule has 0 radical (unpaired) electrons. The monoisotopic (exact) mass is 336 g/mol. The van der Waals surface area contributed by atoms with Crippen molar-refractivity contribution in [3.05, 3.63) is 23.8 Å². The van der Waals surface area contributed by atoms with Gasteiger partial charge < -0.3 is 24.7 Å². The Kier molecular flexibility index (Phi) is 9.34. The van der Waals surface area contributed by atoms with Gasteiger partial charge in [-0.3, -0.25) is 4.79 Å². The molecule has 0 aromatic heterocycles. The summed E-state index contributed by atoms with van der Waals surface area (Å²) < 4.78 is 11.1. The minimum atomic E-state index is -1.23. The maximum absolute atomic E-state index is 11.5. The van der Waals surface area contributed by atoms with Gasteiger partial charge in [-0.25, -0.2) is 0 Å². The molecule has 0 aliphatic heterocycles. The lowest BCUT2D eigenvalue weighted by Crippen LogP contribution is -2.27. The van der Waals surface area contributed by atoms with E-state index in [9.17, 15) is 14.7 Å². The summed E-state index contributed by atoms with van der Waals surface area (Å²) in [6.45, 7) is 3.12. The third kappa shape index (κ3) is 7.85. The molecule has 0 spiro atoms. The number of ether oxygens (including phenoxy) is 2. The molecule has 0 bridgehead atoms. The van der Waals surface area contributed by atoms with Crippen LogP contribution in [0.3, 0.4) is 0 Å². The fourth-order valence-electron chi connectivity index (χ4n) is 2.16.